The van der Waals surface area contributed by atoms with Crippen molar-refractivity contribution in [1.82, 2.24) is 14.8 Å². The van der Waals surface area contributed by atoms with Crippen molar-refractivity contribution in [3.05, 3.63) is 53.1 Å². The minimum absolute atomic E-state index is 0.0152. The Hall–Kier alpha value is -3.34. The number of carbonyl (C=O) groups is 2. The maximum Gasteiger partial charge on any atom is 0.270 e. The monoisotopic (exact) mass is 370 g/mol. The van der Waals surface area contributed by atoms with Crippen molar-refractivity contribution in [2.45, 2.75) is 6.42 Å². The van der Waals surface area contributed by atoms with E-state index < -0.39 is 11.7 Å². The third-order valence-electron chi connectivity index (χ3n) is 4.52. The number of nitrogens with one attached hydrogen (secondary N) is 1. The topological polar surface area (TPSA) is 89.4 Å². The number of hydrogen-bond donors (Lipinski definition) is 1. The fraction of sp³-hybridized carbons (Fsp3) is 0.316. The number of carbonyl (C=O) groups excluding carboxylic acids is 2. The summed E-state index contributed by atoms with van der Waals surface area (Å²) in [4.78, 5) is 31.2. The maximum atomic E-state index is 14.2. The van der Waals surface area contributed by atoms with E-state index in [1.54, 1.807) is 15.9 Å². The number of hydrogen-bond acceptors (Lipinski definition) is 4. The van der Waals surface area contributed by atoms with Gasteiger partial charge >= 0.3 is 0 Å². The largest absolute Gasteiger partial charge is 0.497 e. The molecule has 0 bridgehead atoms. The van der Waals surface area contributed by atoms with E-state index in [-0.39, 0.29) is 11.5 Å². The zero-order valence-electron chi connectivity index (χ0n) is 14.9. The van der Waals surface area contributed by atoms with Gasteiger partial charge in [0.25, 0.3) is 11.8 Å². The fourth-order valence-corrected chi connectivity index (χ4v) is 3.04. The first-order valence-corrected chi connectivity index (χ1v) is 8.54. The van der Waals surface area contributed by atoms with Gasteiger partial charge in [-0.05, 0) is 24.6 Å². The molecule has 2 amide bonds. The third-order valence-corrected chi connectivity index (χ3v) is 4.52. The number of nitriles is 1. The number of aromatic amines is 1. The Balaban J connectivity index is 1.68. The number of benzene rings is 1. The number of H-pyrrole nitrogens is 1. The molecule has 140 valence electrons. The summed E-state index contributed by atoms with van der Waals surface area (Å²) in [6.07, 6.45) is 2.06. The second-order valence-electron chi connectivity index (χ2n) is 6.20. The van der Waals surface area contributed by atoms with Crippen LogP contribution in [-0.4, -0.2) is 59.9 Å². The lowest BCUT2D eigenvalue weighted by Gasteiger charge is -2.22. The second-order valence-corrected chi connectivity index (χ2v) is 6.20. The van der Waals surface area contributed by atoms with Crippen molar-refractivity contribution in [2.24, 2.45) is 0 Å². The van der Waals surface area contributed by atoms with E-state index in [2.05, 4.69) is 4.98 Å². The minimum atomic E-state index is -0.632. The molecular formula is C19H19FN4O3. The maximum absolute atomic E-state index is 14.2. The van der Waals surface area contributed by atoms with Crippen LogP contribution < -0.4 is 4.74 Å². The first kappa shape index (κ1) is 18.5. The van der Waals surface area contributed by atoms with Crippen LogP contribution in [0.15, 0.2) is 30.5 Å². The molecule has 8 heteroatoms. The Bertz CT molecular complexity index is 903. The molecule has 2 heterocycles. The molecule has 1 N–H and O–H groups in total. The summed E-state index contributed by atoms with van der Waals surface area (Å²) in [6, 6.07) is 7.61. The summed E-state index contributed by atoms with van der Waals surface area (Å²) < 4.78 is 19.1. The van der Waals surface area contributed by atoms with Gasteiger partial charge in [-0.25, -0.2) is 4.39 Å². The van der Waals surface area contributed by atoms with Gasteiger partial charge < -0.3 is 19.5 Å². The number of aromatic nitrogens is 1. The summed E-state index contributed by atoms with van der Waals surface area (Å²) in [5.41, 5.74) is 0.714. The van der Waals surface area contributed by atoms with Crippen molar-refractivity contribution in [3.8, 4) is 11.8 Å². The molecule has 1 aromatic heterocycles. The zero-order valence-corrected chi connectivity index (χ0v) is 14.9. The van der Waals surface area contributed by atoms with Crippen molar-refractivity contribution in [2.75, 3.05) is 33.3 Å². The molecule has 1 aromatic carbocycles. The SMILES string of the molecule is COc1ccc(C(=O)N2CCCN(C(=O)c3cc(C#N)c[nH]3)CC2)c(F)c1. The molecule has 3 rings (SSSR count). The molecule has 1 saturated heterocycles. The van der Waals surface area contributed by atoms with Gasteiger partial charge in [-0.2, -0.15) is 5.26 Å². The molecule has 0 radical (unpaired) electrons. The Labute approximate surface area is 155 Å². The van der Waals surface area contributed by atoms with Crippen LogP contribution in [0.5, 0.6) is 5.75 Å². The highest BCUT2D eigenvalue weighted by Crippen LogP contribution is 2.19. The van der Waals surface area contributed by atoms with Crippen LogP contribution in [0, 0.1) is 17.1 Å². The van der Waals surface area contributed by atoms with E-state index in [0.717, 1.165) is 0 Å². The summed E-state index contributed by atoms with van der Waals surface area (Å²) in [5.74, 6) is -0.913. The average Bonchev–Trinajstić information content (AvgIpc) is 3.03. The summed E-state index contributed by atoms with van der Waals surface area (Å²) >= 11 is 0. The highest BCUT2D eigenvalue weighted by molar-refractivity contribution is 5.95. The van der Waals surface area contributed by atoms with Crippen molar-refractivity contribution in [1.29, 1.82) is 5.26 Å². The van der Waals surface area contributed by atoms with Gasteiger partial charge in [0.1, 0.15) is 23.3 Å². The first-order valence-electron chi connectivity index (χ1n) is 8.54. The lowest BCUT2D eigenvalue weighted by molar-refractivity contribution is 0.0713. The molecule has 1 fully saturated rings. The number of ether oxygens (including phenoxy) is 1. The van der Waals surface area contributed by atoms with Gasteiger partial charge in [-0.15, -0.1) is 0 Å². The highest BCUT2D eigenvalue weighted by Gasteiger charge is 2.25. The summed E-state index contributed by atoms with van der Waals surface area (Å²) in [7, 11) is 1.43. The predicted octanol–water partition coefficient (Wildman–Crippen LogP) is 2.02. The van der Waals surface area contributed by atoms with Crippen LogP contribution in [0.2, 0.25) is 0 Å². The molecule has 0 atom stereocenters. The van der Waals surface area contributed by atoms with Crippen LogP contribution in [0.1, 0.15) is 32.8 Å². The normalized spacial score (nSPS) is 14.4. The van der Waals surface area contributed by atoms with Crippen molar-refractivity contribution < 1.29 is 18.7 Å². The van der Waals surface area contributed by atoms with Crippen LogP contribution in [0.4, 0.5) is 4.39 Å². The Morgan fingerprint density at radius 1 is 1.15 bits per heavy atom. The van der Waals surface area contributed by atoms with Crippen molar-refractivity contribution >= 4 is 11.8 Å². The Morgan fingerprint density at radius 3 is 2.44 bits per heavy atom. The fourth-order valence-electron chi connectivity index (χ4n) is 3.04. The van der Waals surface area contributed by atoms with E-state index in [4.69, 9.17) is 10.00 Å². The van der Waals surface area contributed by atoms with E-state index in [0.29, 0.717) is 49.6 Å². The minimum Gasteiger partial charge on any atom is -0.497 e. The number of rotatable bonds is 3. The Kier molecular flexibility index (Phi) is 5.41. The van der Waals surface area contributed by atoms with Gasteiger partial charge in [-0.3, -0.25) is 9.59 Å². The second kappa shape index (κ2) is 7.91. The van der Waals surface area contributed by atoms with Crippen LogP contribution in [0.3, 0.4) is 0 Å². The lowest BCUT2D eigenvalue weighted by Crippen LogP contribution is -2.37. The smallest absolute Gasteiger partial charge is 0.270 e. The molecule has 0 aliphatic carbocycles. The zero-order chi connectivity index (χ0) is 19.4. The molecule has 1 aliphatic heterocycles. The molecule has 2 aromatic rings. The number of nitrogens with zero attached hydrogens (tertiary/aromatic N) is 3. The third kappa shape index (κ3) is 3.92. The van der Waals surface area contributed by atoms with Crippen LogP contribution in [0.25, 0.3) is 0 Å². The molecular weight excluding hydrogens is 351 g/mol. The molecule has 27 heavy (non-hydrogen) atoms. The van der Waals surface area contributed by atoms with E-state index in [1.807, 2.05) is 6.07 Å². The Morgan fingerprint density at radius 2 is 1.85 bits per heavy atom. The van der Waals surface area contributed by atoms with Gasteiger partial charge in [-0.1, -0.05) is 0 Å². The van der Waals surface area contributed by atoms with E-state index >= 15 is 0 Å². The average molecular weight is 370 g/mol. The molecule has 0 saturated carbocycles. The standard InChI is InChI=1S/C19H19FN4O3/c1-27-14-3-4-15(16(20)10-14)18(25)23-5-2-6-24(8-7-23)19(26)17-9-13(11-21)12-22-17/h3-4,9-10,12,22H,2,5-8H2,1H3. The number of methoxy groups -OCH3 is 1. The number of amides is 2. The predicted molar refractivity (Wildman–Crippen MR) is 94.9 cm³/mol. The quantitative estimate of drug-likeness (QED) is 0.895. The summed E-state index contributed by atoms with van der Waals surface area (Å²) in [5, 5.41) is 8.87. The molecule has 0 unspecified atom stereocenters. The van der Waals surface area contributed by atoms with Gasteiger partial charge in [0.05, 0.1) is 18.2 Å². The first-order chi connectivity index (χ1) is 13.0. The van der Waals surface area contributed by atoms with Gasteiger partial charge in [0, 0.05) is 38.4 Å². The highest BCUT2D eigenvalue weighted by atomic mass is 19.1. The molecule has 7 nitrogen and oxygen atoms in total. The van der Waals surface area contributed by atoms with E-state index in [1.165, 1.54) is 31.5 Å². The van der Waals surface area contributed by atoms with E-state index in [9.17, 15) is 14.0 Å². The van der Waals surface area contributed by atoms with Crippen LogP contribution in [-0.2, 0) is 0 Å². The molecule has 0 spiro atoms. The van der Waals surface area contributed by atoms with Gasteiger partial charge in [0.2, 0.25) is 0 Å². The van der Waals surface area contributed by atoms with Crippen molar-refractivity contribution in [3.63, 3.8) is 0 Å². The van der Waals surface area contributed by atoms with Gasteiger partial charge in [0.15, 0.2) is 0 Å². The van der Waals surface area contributed by atoms with Crippen LogP contribution >= 0.6 is 0 Å². The number of halogens is 1. The lowest BCUT2D eigenvalue weighted by atomic mass is 10.1. The molecule has 1 aliphatic rings. The summed E-state index contributed by atoms with van der Waals surface area (Å²) in [6.45, 7) is 1.56.